The summed E-state index contributed by atoms with van der Waals surface area (Å²) in [5.74, 6) is 4.23. The summed E-state index contributed by atoms with van der Waals surface area (Å²) in [4.78, 5) is 12.7. The van der Waals surface area contributed by atoms with Gasteiger partial charge in [0.25, 0.3) is 0 Å². The number of hydrogen-bond acceptors (Lipinski definition) is 8. The Morgan fingerprint density at radius 1 is 1.17 bits per heavy atom. The monoisotopic (exact) mass is 358 g/mol. The van der Waals surface area contributed by atoms with Crippen molar-refractivity contribution in [2.45, 2.75) is 32.0 Å². The molecule has 9 heteroatoms. The Morgan fingerprint density at radius 3 is 2.04 bits per heavy atom. The van der Waals surface area contributed by atoms with Crippen LogP contribution in [0, 0.1) is 0 Å². The molecule has 0 fully saturated rings. The number of nitrogens with zero attached hydrogens (tertiary/aromatic N) is 1. The van der Waals surface area contributed by atoms with Gasteiger partial charge in [-0.3, -0.25) is 4.57 Å². The summed E-state index contributed by atoms with van der Waals surface area (Å²) in [7, 11) is -1.94. The highest BCUT2D eigenvalue weighted by Crippen LogP contribution is 2.53. The first-order chi connectivity index (χ1) is 11.0. The number of carbonyl (C=O) groups is 1. The lowest BCUT2D eigenvalue weighted by Gasteiger charge is -2.32. The molecule has 8 nitrogen and oxygen atoms in total. The first-order valence-corrected chi connectivity index (χ1v) is 8.61. The molecule has 0 spiro atoms. The van der Waals surface area contributed by atoms with E-state index in [0.717, 1.165) is 14.2 Å². The van der Waals surface area contributed by atoms with Crippen molar-refractivity contribution in [1.29, 1.82) is 0 Å². The number of nitrogens with two attached hydrogens (primary N) is 1. The minimum Gasteiger partial charge on any atom is -0.457 e. The molecule has 3 N–H and O–H groups in total. The third kappa shape index (κ3) is 4.02. The topological polar surface area (TPSA) is 120 Å². The van der Waals surface area contributed by atoms with Gasteiger partial charge in [0.05, 0.1) is 0 Å². The second-order valence-corrected chi connectivity index (χ2v) is 8.04. The summed E-state index contributed by atoms with van der Waals surface area (Å²) in [6.45, 7) is 4.88. The average molecular weight is 358 g/mol. The smallest absolute Gasteiger partial charge is 0.380 e. The lowest BCUT2D eigenvalue weighted by Crippen LogP contribution is -2.48. The van der Waals surface area contributed by atoms with E-state index >= 15 is 0 Å². The number of rotatable bonds is 6. The molecule has 1 aromatic carbocycles. The van der Waals surface area contributed by atoms with Gasteiger partial charge >= 0.3 is 13.6 Å². The van der Waals surface area contributed by atoms with Gasteiger partial charge in [-0.1, -0.05) is 30.3 Å². The Labute approximate surface area is 141 Å². The predicted molar refractivity (Wildman–Crippen MR) is 89.4 cm³/mol. The minimum atomic E-state index is -4.12. The van der Waals surface area contributed by atoms with Crippen molar-refractivity contribution in [3.63, 3.8) is 0 Å². The van der Waals surface area contributed by atoms with Gasteiger partial charge in [-0.2, -0.15) is 5.10 Å². The molecule has 1 atom stereocenters. The zero-order chi connectivity index (χ0) is 18.6. The number of carbonyl (C=O) groups excluding carboxylic acids is 1. The molecule has 24 heavy (non-hydrogen) atoms. The number of benzene rings is 1. The highest BCUT2D eigenvalue weighted by molar-refractivity contribution is 7.72. The van der Waals surface area contributed by atoms with Crippen LogP contribution in [0.5, 0.6) is 0 Å². The fourth-order valence-corrected chi connectivity index (χ4v) is 3.23. The first kappa shape index (κ1) is 20.3. The van der Waals surface area contributed by atoms with Crippen molar-refractivity contribution < 1.29 is 28.3 Å². The summed E-state index contributed by atoms with van der Waals surface area (Å²) < 4.78 is 27.7. The van der Waals surface area contributed by atoms with E-state index in [0.29, 0.717) is 0 Å². The predicted octanol–water partition coefficient (Wildman–Crippen LogP) is 1.97. The van der Waals surface area contributed by atoms with Crippen LogP contribution in [-0.2, 0) is 28.7 Å². The number of ether oxygens (including phenoxy) is 1. The van der Waals surface area contributed by atoms with Gasteiger partial charge in [-0.25, -0.2) is 4.79 Å². The molecule has 0 saturated carbocycles. The molecular weight excluding hydrogens is 335 g/mol. The van der Waals surface area contributed by atoms with E-state index in [4.69, 9.17) is 19.6 Å². The number of esters is 1. The first-order valence-electron chi connectivity index (χ1n) is 7.07. The van der Waals surface area contributed by atoms with E-state index in [1.54, 1.807) is 39.0 Å². The van der Waals surface area contributed by atoms with Crippen LogP contribution in [0.25, 0.3) is 0 Å². The lowest BCUT2D eigenvalue weighted by molar-refractivity contribution is -0.170. The summed E-state index contributed by atoms with van der Waals surface area (Å²) in [5.41, 5.74) is -4.05. The maximum atomic E-state index is 12.7. The average Bonchev–Trinajstić information content (AvgIpc) is 2.54. The Bertz CT molecular complexity index is 648. The van der Waals surface area contributed by atoms with Crippen LogP contribution in [0.1, 0.15) is 26.3 Å². The molecule has 0 aliphatic rings. The van der Waals surface area contributed by atoms with Crippen LogP contribution in [0.3, 0.4) is 0 Å². The number of aliphatic hydroxyl groups is 1. The summed E-state index contributed by atoms with van der Waals surface area (Å²) in [6, 6.07) is 7.76. The molecule has 0 radical (unpaired) electrons. The van der Waals surface area contributed by atoms with Crippen molar-refractivity contribution in [2.24, 2.45) is 10.9 Å². The van der Waals surface area contributed by atoms with Crippen molar-refractivity contribution >= 4 is 19.0 Å². The van der Waals surface area contributed by atoms with Crippen LogP contribution in [-0.4, -0.2) is 36.3 Å². The SMILES string of the molecule is COP(=O)(OC)/C(=N\N)[C@](O)(C(=O)OC(C)(C)C)c1ccccc1. The zero-order valence-electron chi connectivity index (χ0n) is 14.3. The van der Waals surface area contributed by atoms with Crippen LogP contribution < -0.4 is 5.84 Å². The van der Waals surface area contributed by atoms with E-state index in [2.05, 4.69) is 5.10 Å². The van der Waals surface area contributed by atoms with Crippen LogP contribution in [0.4, 0.5) is 0 Å². The van der Waals surface area contributed by atoms with E-state index in [1.165, 1.54) is 12.1 Å². The maximum Gasteiger partial charge on any atom is 0.380 e. The summed E-state index contributed by atoms with van der Waals surface area (Å²) in [6.07, 6.45) is 0. The normalized spacial score (nSPS) is 15.7. The van der Waals surface area contributed by atoms with E-state index in [9.17, 15) is 14.5 Å². The molecule has 0 aliphatic carbocycles. The van der Waals surface area contributed by atoms with Crippen molar-refractivity contribution in [3.8, 4) is 0 Å². The minimum absolute atomic E-state index is 0.0674. The Balaban J connectivity index is 3.61. The van der Waals surface area contributed by atoms with Gasteiger partial charge < -0.3 is 24.7 Å². The largest absolute Gasteiger partial charge is 0.457 e. The molecule has 0 bridgehead atoms. The Hall–Kier alpha value is -1.73. The molecule has 0 aliphatic heterocycles. The zero-order valence-corrected chi connectivity index (χ0v) is 15.2. The second-order valence-electron chi connectivity index (χ2n) is 5.89. The number of hydrogen-bond donors (Lipinski definition) is 2. The number of hydrazone groups is 1. The van der Waals surface area contributed by atoms with Crippen LogP contribution >= 0.6 is 7.60 Å². The molecule has 1 aromatic rings. The maximum absolute atomic E-state index is 12.7. The molecule has 0 heterocycles. The quantitative estimate of drug-likeness (QED) is 0.262. The van der Waals surface area contributed by atoms with Crippen molar-refractivity contribution in [1.82, 2.24) is 0 Å². The summed E-state index contributed by atoms with van der Waals surface area (Å²) >= 11 is 0. The highest BCUT2D eigenvalue weighted by Gasteiger charge is 2.55. The Kier molecular flexibility index (Phi) is 6.30. The van der Waals surface area contributed by atoms with E-state index < -0.39 is 30.2 Å². The van der Waals surface area contributed by atoms with Crippen molar-refractivity contribution in [2.75, 3.05) is 14.2 Å². The van der Waals surface area contributed by atoms with Crippen LogP contribution in [0.2, 0.25) is 0 Å². The van der Waals surface area contributed by atoms with E-state index in [1.807, 2.05) is 0 Å². The summed E-state index contributed by atoms with van der Waals surface area (Å²) in [5, 5.41) is 14.5. The molecular formula is C15H23N2O6P. The highest BCUT2D eigenvalue weighted by atomic mass is 31.2. The molecule has 1 rings (SSSR count). The third-order valence-corrected chi connectivity index (χ3v) is 4.99. The molecule has 0 amide bonds. The lowest BCUT2D eigenvalue weighted by atomic mass is 9.94. The van der Waals surface area contributed by atoms with Gasteiger partial charge in [-0.05, 0) is 20.8 Å². The fraction of sp³-hybridized carbons (Fsp3) is 0.467. The van der Waals surface area contributed by atoms with Gasteiger partial charge in [0.1, 0.15) is 5.60 Å². The van der Waals surface area contributed by atoms with Gasteiger partial charge in [0, 0.05) is 19.8 Å². The van der Waals surface area contributed by atoms with E-state index in [-0.39, 0.29) is 5.56 Å². The van der Waals surface area contributed by atoms with Gasteiger partial charge in [-0.15, -0.1) is 0 Å². The third-order valence-electron chi connectivity index (χ3n) is 3.07. The standard InChI is InChI=1S/C15H23N2O6P/c1-14(2,3)23-13(18)15(19,11-9-7-6-8-10-11)12(17-16)24(20,21-4)22-5/h6-10,19H,16H2,1-5H3/b17-12-/t15-/m0/s1. The molecule has 0 unspecified atom stereocenters. The van der Waals surface area contributed by atoms with Crippen LogP contribution in [0.15, 0.2) is 35.4 Å². The molecule has 134 valence electrons. The molecule has 0 saturated heterocycles. The molecule has 0 aromatic heterocycles. The second kappa shape index (κ2) is 7.44. The van der Waals surface area contributed by atoms with Gasteiger partial charge in [0.15, 0.2) is 5.45 Å². The van der Waals surface area contributed by atoms with Crippen molar-refractivity contribution in [3.05, 3.63) is 35.9 Å². The Morgan fingerprint density at radius 2 is 1.67 bits per heavy atom. The van der Waals surface area contributed by atoms with Gasteiger partial charge in [0.2, 0.25) is 5.60 Å². The fourth-order valence-electron chi connectivity index (χ4n) is 1.98.